The summed E-state index contributed by atoms with van der Waals surface area (Å²) in [4.78, 5) is 133. The molecule has 20 heteroatoms. The lowest BCUT2D eigenvalue weighted by Crippen LogP contribution is -2.38. The third-order valence-corrected chi connectivity index (χ3v) is 10.7. The number of nitrogens with zero attached hydrogens (tertiary/aromatic N) is 3. The number of imide groups is 2. The van der Waals surface area contributed by atoms with Crippen LogP contribution in [0.4, 0.5) is 4.79 Å². The van der Waals surface area contributed by atoms with Crippen molar-refractivity contribution in [1.82, 2.24) is 36.3 Å². The molecule has 342 valence electrons. The van der Waals surface area contributed by atoms with Crippen molar-refractivity contribution in [3.05, 3.63) is 0 Å². The number of carbonyl (C=O) groups excluding carboxylic acids is 10. The molecule has 3 rings (SSSR count). The minimum atomic E-state index is -0.962. The van der Waals surface area contributed by atoms with E-state index >= 15 is 0 Å². The molecule has 3 saturated heterocycles. The van der Waals surface area contributed by atoms with E-state index in [1.807, 2.05) is 20.8 Å². The van der Waals surface area contributed by atoms with Crippen LogP contribution in [0, 0.1) is 5.41 Å². The Hall–Kier alpha value is -4.98. The van der Waals surface area contributed by atoms with Gasteiger partial charge in [0.05, 0.1) is 31.0 Å². The van der Waals surface area contributed by atoms with Crippen molar-refractivity contribution in [2.45, 2.75) is 155 Å². The first-order valence-electron chi connectivity index (χ1n) is 21.4. The Morgan fingerprint density at radius 1 is 0.721 bits per heavy atom. The van der Waals surface area contributed by atoms with Crippen molar-refractivity contribution in [2.75, 3.05) is 39.3 Å². The summed E-state index contributed by atoms with van der Waals surface area (Å²) >= 11 is 0. The van der Waals surface area contributed by atoms with Gasteiger partial charge in [0.1, 0.15) is 5.78 Å². The summed E-state index contributed by atoms with van der Waals surface area (Å²) in [5.41, 5.74) is -0.589. The minimum Gasteiger partial charge on any atom is -0.376 e. The molecule has 0 spiro atoms. The second kappa shape index (κ2) is 24.5. The molecule has 0 aromatic carbocycles. The summed E-state index contributed by atoms with van der Waals surface area (Å²) in [5.74, 6) is -5.37. The van der Waals surface area contributed by atoms with E-state index in [2.05, 4.69) is 35.1 Å². The first kappa shape index (κ1) is 50.4. The molecule has 3 aliphatic rings. The molecule has 3 aliphatic heterocycles. The van der Waals surface area contributed by atoms with Gasteiger partial charge in [0, 0.05) is 77.2 Å². The molecule has 0 radical (unpaired) electrons. The molecule has 20 nitrogen and oxygen atoms in total. The van der Waals surface area contributed by atoms with Crippen LogP contribution in [0.25, 0.3) is 0 Å². The second-order valence-corrected chi connectivity index (χ2v) is 17.2. The lowest BCUT2D eigenvalue weighted by molar-refractivity contribution is -0.198. The number of amides is 8. The Morgan fingerprint density at radius 3 is 1.84 bits per heavy atom. The quantitative estimate of drug-likeness (QED) is 0.0619. The Morgan fingerprint density at radius 2 is 1.30 bits per heavy atom. The van der Waals surface area contributed by atoms with Gasteiger partial charge in [-0.1, -0.05) is 26.7 Å². The molecule has 8 amide bonds. The maximum atomic E-state index is 13.1. The fourth-order valence-corrected chi connectivity index (χ4v) is 6.77. The van der Waals surface area contributed by atoms with Crippen LogP contribution in [0.5, 0.6) is 0 Å². The number of urea groups is 1. The SMILES string of the molecule is CC1NC(=O)NC1CCCCCC(=O)NCC(C)(C)CCOC(C)(C)CCCNCC(=O)CCC(=O)N(CCC(=O)ON1C(=O)CCC1=O)CCC(=O)ON1C(=O)CCC1=O. The highest BCUT2D eigenvalue weighted by Gasteiger charge is 2.35. The number of ketones is 1. The van der Waals surface area contributed by atoms with Gasteiger partial charge in [0.15, 0.2) is 0 Å². The van der Waals surface area contributed by atoms with Crippen LogP contribution in [0.3, 0.4) is 0 Å². The maximum Gasteiger partial charge on any atom is 0.334 e. The van der Waals surface area contributed by atoms with Crippen molar-refractivity contribution in [3.8, 4) is 0 Å². The van der Waals surface area contributed by atoms with Crippen LogP contribution in [-0.4, -0.2) is 131 Å². The van der Waals surface area contributed by atoms with E-state index in [-0.39, 0.29) is 93.4 Å². The normalized spacial score (nSPS) is 18.0. The van der Waals surface area contributed by atoms with E-state index < -0.39 is 59.9 Å². The second-order valence-electron chi connectivity index (χ2n) is 17.2. The highest BCUT2D eigenvalue weighted by atomic mass is 16.7. The van der Waals surface area contributed by atoms with Crippen LogP contribution in [0.15, 0.2) is 0 Å². The Bertz CT molecular complexity index is 1530. The zero-order valence-electron chi connectivity index (χ0n) is 36.4. The van der Waals surface area contributed by atoms with Crippen LogP contribution < -0.4 is 21.3 Å². The number of unbranched alkanes of at least 4 members (excludes halogenated alkanes) is 2. The Labute approximate surface area is 357 Å². The summed E-state index contributed by atoms with van der Waals surface area (Å²) in [6.07, 6.45) is 4.59. The Kier molecular flexibility index (Phi) is 20.2. The maximum absolute atomic E-state index is 13.1. The first-order valence-corrected chi connectivity index (χ1v) is 21.4. The Balaban J connectivity index is 1.30. The zero-order valence-corrected chi connectivity index (χ0v) is 36.4. The molecular weight excluding hydrogens is 798 g/mol. The summed E-state index contributed by atoms with van der Waals surface area (Å²) in [7, 11) is 0. The van der Waals surface area contributed by atoms with E-state index in [9.17, 15) is 47.9 Å². The van der Waals surface area contributed by atoms with Crippen LogP contribution in [0.2, 0.25) is 0 Å². The third kappa shape index (κ3) is 18.7. The fourth-order valence-electron chi connectivity index (χ4n) is 6.77. The standard InChI is InChI=1S/C41H65N7O13/c1-28-30(45-39(58)44-28)10-7-6-8-11-31(50)43-27-40(2,3)21-25-59-41(4,5)20-9-22-42-26-29(49)12-13-32(51)46(23-18-37(56)60-47-33(52)14-15-34(47)53)24-19-38(57)61-48-35(54)16-17-36(48)55/h28,30,42H,6-27H2,1-5H3,(H,43,50)(H2,44,45,58). The summed E-state index contributed by atoms with van der Waals surface area (Å²) in [6, 6.07) is 0.131. The van der Waals surface area contributed by atoms with E-state index in [4.69, 9.17) is 14.4 Å². The topological polar surface area (TPSA) is 256 Å². The molecule has 2 unspecified atom stereocenters. The minimum absolute atomic E-state index is 0.0139. The van der Waals surface area contributed by atoms with Crippen molar-refractivity contribution in [2.24, 2.45) is 5.41 Å². The van der Waals surface area contributed by atoms with Gasteiger partial charge >= 0.3 is 18.0 Å². The predicted molar refractivity (Wildman–Crippen MR) is 216 cm³/mol. The monoisotopic (exact) mass is 863 g/mol. The largest absolute Gasteiger partial charge is 0.376 e. The van der Waals surface area contributed by atoms with Crippen molar-refractivity contribution in [3.63, 3.8) is 0 Å². The highest BCUT2D eigenvalue weighted by molar-refractivity contribution is 6.02. The van der Waals surface area contributed by atoms with E-state index in [1.165, 1.54) is 0 Å². The van der Waals surface area contributed by atoms with Gasteiger partial charge < -0.3 is 40.6 Å². The molecule has 2 atom stereocenters. The van der Waals surface area contributed by atoms with E-state index in [0.717, 1.165) is 37.0 Å². The van der Waals surface area contributed by atoms with Gasteiger partial charge in [0.2, 0.25) is 11.8 Å². The number of ether oxygens (including phenoxy) is 1. The van der Waals surface area contributed by atoms with Crippen LogP contribution in [-0.2, 0) is 57.6 Å². The number of Topliss-reactive ketones (excluding diaryl/α,β-unsaturated/α-hetero) is 1. The number of hydrogen-bond donors (Lipinski definition) is 4. The molecule has 0 aliphatic carbocycles. The number of hydrogen-bond acceptors (Lipinski definition) is 14. The van der Waals surface area contributed by atoms with Crippen LogP contribution in [0.1, 0.15) is 137 Å². The molecular formula is C41H65N7O13. The third-order valence-electron chi connectivity index (χ3n) is 10.7. The molecule has 61 heavy (non-hydrogen) atoms. The van der Waals surface area contributed by atoms with Gasteiger partial charge in [-0.3, -0.25) is 33.6 Å². The molecule has 3 fully saturated rings. The van der Waals surface area contributed by atoms with Crippen molar-refractivity contribution < 1.29 is 62.4 Å². The number of rotatable bonds is 29. The lowest BCUT2D eigenvalue weighted by Gasteiger charge is -2.30. The van der Waals surface area contributed by atoms with Crippen molar-refractivity contribution in [1.29, 1.82) is 0 Å². The van der Waals surface area contributed by atoms with Crippen LogP contribution >= 0.6 is 0 Å². The molecule has 0 bridgehead atoms. The highest BCUT2D eigenvalue weighted by Crippen LogP contribution is 2.23. The van der Waals surface area contributed by atoms with Gasteiger partial charge in [-0.05, 0) is 64.8 Å². The van der Waals surface area contributed by atoms with Gasteiger partial charge in [-0.15, -0.1) is 10.1 Å². The van der Waals surface area contributed by atoms with Gasteiger partial charge in [-0.2, -0.15) is 0 Å². The molecule has 0 aromatic heterocycles. The number of nitrogens with one attached hydrogen (secondary N) is 4. The number of carbonyl (C=O) groups is 10. The van der Waals surface area contributed by atoms with Gasteiger partial charge in [-0.25, -0.2) is 14.4 Å². The fraction of sp³-hybridized carbons (Fsp3) is 0.756. The van der Waals surface area contributed by atoms with Crippen molar-refractivity contribution >= 4 is 59.2 Å². The zero-order chi connectivity index (χ0) is 45.2. The lowest BCUT2D eigenvalue weighted by atomic mass is 9.89. The summed E-state index contributed by atoms with van der Waals surface area (Å²) in [5, 5.41) is 12.7. The average molecular weight is 864 g/mol. The first-order chi connectivity index (χ1) is 28.7. The molecule has 4 N–H and O–H groups in total. The molecule has 3 heterocycles. The smallest absolute Gasteiger partial charge is 0.334 e. The predicted octanol–water partition coefficient (Wildman–Crippen LogP) is 1.88. The number of hydroxylamine groups is 4. The van der Waals surface area contributed by atoms with E-state index in [1.54, 1.807) is 0 Å². The summed E-state index contributed by atoms with van der Waals surface area (Å²) < 4.78 is 6.19. The van der Waals surface area contributed by atoms with Gasteiger partial charge in [0.25, 0.3) is 23.6 Å². The van der Waals surface area contributed by atoms with E-state index in [0.29, 0.717) is 49.1 Å². The average Bonchev–Trinajstić information content (AvgIpc) is 3.81. The molecule has 0 saturated carbocycles. The molecule has 0 aromatic rings. The summed E-state index contributed by atoms with van der Waals surface area (Å²) in [6.45, 7) is 11.2.